The van der Waals surface area contributed by atoms with E-state index in [1.807, 2.05) is 11.0 Å². The Morgan fingerprint density at radius 2 is 2.00 bits per heavy atom. The minimum Gasteiger partial charge on any atom is -0.342 e. The molecule has 5 nitrogen and oxygen atoms in total. The fourth-order valence-electron chi connectivity index (χ4n) is 4.21. The third-order valence-corrected chi connectivity index (χ3v) is 5.61. The largest absolute Gasteiger partial charge is 0.342 e. The number of hydrogen-bond donors (Lipinski definition) is 1. The van der Waals surface area contributed by atoms with Gasteiger partial charge in [-0.25, -0.2) is 14.4 Å². The second-order valence-corrected chi connectivity index (χ2v) is 7.55. The van der Waals surface area contributed by atoms with E-state index in [0.717, 1.165) is 44.5 Å². The number of carbonyl (C=O) groups is 1. The molecule has 1 aromatic heterocycles. The van der Waals surface area contributed by atoms with Crippen molar-refractivity contribution in [1.82, 2.24) is 14.9 Å². The second-order valence-electron chi connectivity index (χ2n) is 7.55. The zero-order valence-electron chi connectivity index (χ0n) is 15.4. The summed E-state index contributed by atoms with van der Waals surface area (Å²) in [6.07, 6.45) is 8.17. The van der Waals surface area contributed by atoms with E-state index in [2.05, 4.69) is 15.3 Å². The van der Waals surface area contributed by atoms with E-state index in [1.165, 1.54) is 25.0 Å². The number of hydrogen-bond acceptors (Lipinski definition) is 4. The molecule has 2 aromatic rings. The van der Waals surface area contributed by atoms with E-state index in [4.69, 9.17) is 0 Å². The van der Waals surface area contributed by atoms with E-state index < -0.39 is 0 Å². The Hall–Kier alpha value is -2.50. The normalized spacial score (nSPS) is 20.6. The summed E-state index contributed by atoms with van der Waals surface area (Å²) in [6.45, 7) is 1.58. The number of piperidine rings is 1. The third-order valence-electron chi connectivity index (χ3n) is 5.61. The maximum atomic E-state index is 13.4. The Morgan fingerprint density at radius 1 is 1.15 bits per heavy atom. The average Bonchev–Trinajstić information content (AvgIpc) is 3.23. The Morgan fingerprint density at radius 3 is 2.81 bits per heavy atom. The minimum absolute atomic E-state index is 0.222. The highest BCUT2D eigenvalue weighted by Gasteiger charge is 2.31. The van der Waals surface area contributed by atoms with Gasteiger partial charge in [-0.2, -0.15) is 0 Å². The van der Waals surface area contributed by atoms with Crippen molar-refractivity contribution >= 4 is 17.5 Å². The summed E-state index contributed by atoms with van der Waals surface area (Å²) in [7, 11) is 0. The molecule has 1 aliphatic carbocycles. The summed E-state index contributed by atoms with van der Waals surface area (Å²) in [4.78, 5) is 23.7. The number of nitrogens with one attached hydrogen (secondary N) is 1. The van der Waals surface area contributed by atoms with Crippen LogP contribution in [0.2, 0.25) is 0 Å². The lowest BCUT2D eigenvalue weighted by molar-refractivity contribution is -0.136. The van der Waals surface area contributed by atoms with Gasteiger partial charge in [0, 0.05) is 36.8 Å². The summed E-state index contributed by atoms with van der Waals surface area (Å²) >= 11 is 0. The van der Waals surface area contributed by atoms with Crippen LogP contribution >= 0.6 is 0 Å². The van der Waals surface area contributed by atoms with E-state index >= 15 is 0 Å². The fraction of sp³-hybridized carbons (Fsp3) is 0.476. The maximum absolute atomic E-state index is 13.4. The zero-order valence-corrected chi connectivity index (χ0v) is 15.4. The lowest BCUT2D eigenvalue weighted by Gasteiger charge is -2.34. The van der Waals surface area contributed by atoms with Crippen LogP contribution < -0.4 is 5.32 Å². The zero-order chi connectivity index (χ0) is 18.6. The van der Waals surface area contributed by atoms with Gasteiger partial charge in [-0.15, -0.1) is 0 Å². The number of nitrogens with zero attached hydrogens (tertiary/aromatic N) is 3. The highest BCUT2D eigenvalue weighted by Crippen LogP contribution is 2.31. The number of likely N-dealkylation sites (tertiary alicyclic amines) is 1. The number of anilines is 2. The Labute approximate surface area is 159 Å². The number of amides is 1. The van der Waals surface area contributed by atoms with Gasteiger partial charge in [-0.3, -0.25) is 4.79 Å². The van der Waals surface area contributed by atoms with Gasteiger partial charge in [0.2, 0.25) is 11.9 Å². The molecule has 1 amide bonds. The monoisotopic (exact) mass is 368 g/mol. The summed E-state index contributed by atoms with van der Waals surface area (Å²) in [6, 6.07) is 8.17. The van der Waals surface area contributed by atoms with E-state index in [1.54, 1.807) is 18.3 Å². The predicted octanol–water partition coefficient (Wildman–Crippen LogP) is 4.26. The van der Waals surface area contributed by atoms with Crippen LogP contribution in [-0.4, -0.2) is 33.9 Å². The van der Waals surface area contributed by atoms with Crippen molar-refractivity contribution < 1.29 is 9.18 Å². The quantitative estimate of drug-likeness (QED) is 0.876. The highest BCUT2D eigenvalue weighted by molar-refractivity contribution is 5.79. The molecule has 2 aliphatic rings. The Bertz CT molecular complexity index is 806. The lowest BCUT2D eigenvalue weighted by Crippen LogP contribution is -2.42. The van der Waals surface area contributed by atoms with Gasteiger partial charge in [0.15, 0.2) is 0 Å². The summed E-state index contributed by atoms with van der Waals surface area (Å²) < 4.78 is 13.4. The van der Waals surface area contributed by atoms with Crippen molar-refractivity contribution in [2.24, 2.45) is 5.92 Å². The van der Waals surface area contributed by atoms with Crippen LogP contribution in [0.25, 0.3) is 0 Å². The molecule has 0 bridgehead atoms. The first-order valence-electron chi connectivity index (χ1n) is 9.83. The van der Waals surface area contributed by atoms with Gasteiger partial charge in [-0.1, -0.05) is 18.9 Å². The molecule has 0 unspecified atom stereocenters. The molecule has 6 heteroatoms. The van der Waals surface area contributed by atoms with Crippen LogP contribution in [0.4, 0.5) is 16.0 Å². The molecule has 1 aliphatic heterocycles. The molecule has 0 spiro atoms. The molecule has 2 fully saturated rings. The van der Waals surface area contributed by atoms with Gasteiger partial charge < -0.3 is 10.2 Å². The van der Waals surface area contributed by atoms with Crippen LogP contribution in [-0.2, 0) is 4.79 Å². The topological polar surface area (TPSA) is 58.1 Å². The molecule has 1 saturated carbocycles. The fourth-order valence-corrected chi connectivity index (χ4v) is 4.21. The SMILES string of the molecule is O=C(C1CCCC1)N1CCC[C@H](c2ccnc(Nc3cccc(F)c3)n2)C1. The first-order chi connectivity index (χ1) is 13.2. The molecule has 27 heavy (non-hydrogen) atoms. The molecule has 1 atom stereocenters. The number of rotatable bonds is 4. The van der Waals surface area contributed by atoms with Crippen LogP contribution in [0.3, 0.4) is 0 Å². The standard InChI is InChI=1S/C21H25FN4O/c22-17-8-3-9-18(13-17)24-21-23-11-10-19(25-21)16-7-4-12-26(14-16)20(27)15-5-1-2-6-15/h3,8-11,13,15-16H,1-2,4-7,12,14H2,(H,23,24,25)/t16-/m0/s1. The first kappa shape index (κ1) is 17.9. The van der Waals surface area contributed by atoms with E-state index in [0.29, 0.717) is 17.5 Å². The summed E-state index contributed by atoms with van der Waals surface area (Å²) in [5.41, 5.74) is 1.56. The Kier molecular flexibility index (Phi) is 5.32. The summed E-state index contributed by atoms with van der Waals surface area (Å²) in [5, 5.41) is 3.06. The van der Waals surface area contributed by atoms with E-state index in [-0.39, 0.29) is 17.7 Å². The van der Waals surface area contributed by atoms with E-state index in [9.17, 15) is 9.18 Å². The van der Waals surface area contributed by atoms with Crippen molar-refractivity contribution in [1.29, 1.82) is 0 Å². The van der Waals surface area contributed by atoms with Crippen molar-refractivity contribution in [2.45, 2.75) is 44.4 Å². The molecule has 1 aromatic carbocycles. The summed E-state index contributed by atoms with van der Waals surface area (Å²) in [5.74, 6) is 0.922. The van der Waals surface area contributed by atoms with Gasteiger partial charge in [-0.05, 0) is 49.9 Å². The molecule has 0 radical (unpaired) electrons. The molecule has 1 N–H and O–H groups in total. The molecule has 142 valence electrons. The van der Waals surface area contributed by atoms with Crippen molar-refractivity contribution in [2.75, 3.05) is 18.4 Å². The predicted molar refractivity (Wildman–Crippen MR) is 102 cm³/mol. The highest BCUT2D eigenvalue weighted by atomic mass is 19.1. The van der Waals surface area contributed by atoms with Crippen LogP contribution in [0.15, 0.2) is 36.5 Å². The maximum Gasteiger partial charge on any atom is 0.227 e. The first-order valence-corrected chi connectivity index (χ1v) is 9.83. The van der Waals surface area contributed by atoms with Crippen LogP contribution in [0.5, 0.6) is 0 Å². The van der Waals surface area contributed by atoms with Crippen LogP contribution in [0, 0.1) is 11.7 Å². The Balaban J connectivity index is 1.45. The van der Waals surface area contributed by atoms with Gasteiger partial charge in [0.1, 0.15) is 5.82 Å². The molecular formula is C21H25FN4O. The third kappa shape index (κ3) is 4.26. The molecular weight excluding hydrogens is 343 g/mol. The van der Waals surface area contributed by atoms with Gasteiger partial charge in [0.05, 0.1) is 5.69 Å². The molecule has 1 saturated heterocycles. The molecule has 2 heterocycles. The molecule has 4 rings (SSSR count). The minimum atomic E-state index is -0.301. The van der Waals surface area contributed by atoms with Gasteiger partial charge in [0.25, 0.3) is 0 Å². The smallest absolute Gasteiger partial charge is 0.227 e. The lowest BCUT2D eigenvalue weighted by atomic mass is 9.93. The number of benzene rings is 1. The van der Waals surface area contributed by atoms with Crippen molar-refractivity contribution in [3.63, 3.8) is 0 Å². The van der Waals surface area contributed by atoms with Crippen molar-refractivity contribution in [3.8, 4) is 0 Å². The number of halogens is 1. The van der Waals surface area contributed by atoms with Crippen LogP contribution in [0.1, 0.15) is 50.1 Å². The van der Waals surface area contributed by atoms with Gasteiger partial charge >= 0.3 is 0 Å². The number of aromatic nitrogens is 2. The average molecular weight is 368 g/mol. The number of carbonyl (C=O) groups excluding carboxylic acids is 1. The van der Waals surface area contributed by atoms with Crippen molar-refractivity contribution in [3.05, 3.63) is 48.0 Å². The second kappa shape index (κ2) is 8.03.